The number of carboxylic acids is 1. The van der Waals surface area contributed by atoms with Gasteiger partial charge in [0.1, 0.15) is 12.2 Å². The van der Waals surface area contributed by atoms with Crippen molar-refractivity contribution in [2.75, 3.05) is 6.54 Å². The van der Waals surface area contributed by atoms with Crippen LogP contribution in [0.1, 0.15) is 35.9 Å². The van der Waals surface area contributed by atoms with E-state index in [0.717, 1.165) is 5.56 Å². The van der Waals surface area contributed by atoms with Crippen LogP contribution in [0.3, 0.4) is 0 Å². The molecule has 23 heavy (non-hydrogen) atoms. The number of carbonyl (C=O) groups excluding carboxylic acids is 1. The summed E-state index contributed by atoms with van der Waals surface area (Å²) in [5.74, 6) is -1.49. The zero-order valence-electron chi connectivity index (χ0n) is 12.9. The summed E-state index contributed by atoms with van der Waals surface area (Å²) in [6, 6.07) is 8.65. The van der Waals surface area contributed by atoms with Gasteiger partial charge in [0.15, 0.2) is 0 Å². The van der Waals surface area contributed by atoms with E-state index in [0.29, 0.717) is 5.02 Å². The summed E-state index contributed by atoms with van der Waals surface area (Å²) < 4.78 is 1.66. The zero-order valence-corrected chi connectivity index (χ0v) is 13.7. The number of carboxylic acid groups (broad SMARTS) is 1. The first-order chi connectivity index (χ1) is 10.9. The second-order valence-corrected chi connectivity index (χ2v) is 5.89. The van der Waals surface area contributed by atoms with Gasteiger partial charge in [0.25, 0.3) is 5.91 Å². The highest BCUT2D eigenvalue weighted by atomic mass is 35.5. The number of aliphatic carboxylic acids is 1. The van der Waals surface area contributed by atoms with Crippen molar-refractivity contribution < 1.29 is 14.7 Å². The highest BCUT2D eigenvalue weighted by molar-refractivity contribution is 6.30. The molecule has 0 fully saturated rings. The number of aromatic nitrogens is 2. The summed E-state index contributed by atoms with van der Waals surface area (Å²) in [6.07, 6.45) is 1.71. The fourth-order valence-electron chi connectivity index (χ4n) is 2.07. The smallest absolute Gasteiger partial charge is 0.323 e. The van der Waals surface area contributed by atoms with E-state index in [2.05, 4.69) is 5.10 Å². The Bertz CT molecular complexity index is 695. The first-order valence-electron chi connectivity index (χ1n) is 7.17. The first kappa shape index (κ1) is 17.0. The van der Waals surface area contributed by atoms with Crippen molar-refractivity contribution in [3.8, 4) is 0 Å². The molecule has 0 bridgehead atoms. The molecule has 122 valence electrons. The third-order valence-electron chi connectivity index (χ3n) is 3.26. The van der Waals surface area contributed by atoms with Crippen LogP contribution in [0, 0.1) is 0 Å². The van der Waals surface area contributed by atoms with Crippen LogP contribution in [0.2, 0.25) is 5.02 Å². The van der Waals surface area contributed by atoms with Crippen LogP contribution in [0.15, 0.2) is 36.5 Å². The molecular formula is C16H18ClN3O3. The minimum absolute atomic E-state index is 0.126. The Hall–Kier alpha value is -2.34. The number of rotatable bonds is 6. The molecule has 0 atom stereocenters. The van der Waals surface area contributed by atoms with Gasteiger partial charge in [-0.25, -0.2) is 0 Å². The minimum Gasteiger partial charge on any atom is -0.480 e. The van der Waals surface area contributed by atoms with Gasteiger partial charge in [-0.2, -0.15) is 5.10 Å². The molecule has 1 heterocycles. The molecule has 0 spiro atoms. The summed E-state index contributed by atoms with van der Waals surface area (Å²) in [5, 5.41) is 13.8. The molecule has 0 aliphatic heterocycles. The third kappa shape index (κ3) is 4.56. The summed E-state index contributed by atoms with van der Waals surface area (Å²) in [5.41, 5.74) is 1.03. The number of benzene rings is 1. The van der Waals surface area contributed by atoms with E-state index in [1.54, 1.807) is 41.2 Å². The third-order valence-corrected chi connectivity index (χ3v) is 3.51. The van der Waals surface area contributed by atoms with Gasteiger partial charge in [0.2, 0.25) is 0 Å². The van der Waals surface area contributed by atoms with Crippen LogP contribution in [0.5, 0.6) is 0 Å². The molecule has 0 unspecified atom stereocenters. The lowest BCUT2D eigenvalue weighted by Crippen LogP contribution is -2.35. The summed E-state index contributed by atoms with van der Waals surface area (Å²) in [6.45, 7) is 3.68. The van der Waals surface area contributed by atoms with Crippen LogP contribution < -0.4 is 0 Å². The second-order valence-electron chi connectivity index (χ2n) is 5.46. The van der Waals surface area contributed by atoms with E-state index in [1.165, 1.54) is 4.90 Å². The molecule has 0 saturated carbocycles. The van der Waals surface area contributed by atoms with Gasteiger partial charge < -0.3 is 10.0 Å². The average Bonchev–Trinajstić information content (AvgIpc) is 2.97. The fraction of sp³-hybridized carbons (Fsp3) is 0.312. The topological polar surface area (TPSA) is 75.4 Å². The maximum absolute atomic E-state index is 12.5. The van der Waals surface area contributed by atoms with Crippen LogP contribution in [0.4, 0.5) is 0 Å². The van der Waals surface area contributed by atoms with Crippen molar-refractivity contribution in [3.05, 3.63) is 52.8 Å². The Morgan fingerprint density at radius 3 is 2.43 bits per heavy atom. The number of carbonyl (C=O) groups is 2. The van der Waals surface area contributed by atoms with Gasteiger partial charge in [-0.3, -0.25) is 14.3 Å². The molecule has 1 amide bonds. The van der Waals surface area contributed by atoms with E-state index < -0.39 is 18.4 Å². The molecule has 1 N–H and O–H groups in total. The van der Waals surface area contributed by atoms with Crippen LogP contribution >= 0.6 is 11.6 Å². The van der Waals surface area contributed by atoms with Crippen LogP contribution in [-0.4, -0.2) is 38.2 Å². The van der Waals surface area contributed by atoms with E-state index in [9.17, 15) is 9.59 Å². The Labute approximate surface area is 139 Å². The number of hydrogen-bond donors (Lipinski definition) is 1. The Morgan fingerprint density at radius 1 is 1.26 bits per heavy atom. The number of amides is 1. The first-order valence-corrected chi connectivity index (χ1v) is 7.55. The van der Waals surface area contributed by atoms with Crippen molar-refractivity contribution in [2.24, 2.45) is 0 Å². The number of nitrogens with zero attached hydrogens (tertiary/aromatic N) is 3. The van der Waals surface area contributed by atoms with Crippen molar-refractivity contribution in [1.82, 2.24) is 14.7 Å². The van der Waals surface area contributed by atoms with Crippen LogP contribution in [0.25, 0.3) is 0 Å². The van der Waals surface area contributed by atoms with E-state index in [1.807, 2.05) is 13.8 Å². The van der Waals surface area contributed by atoms with Crippen molar-refractivity contribution >= 4 is 23.5 Å². The molecular weight excluding hydrogens is 318 g/mol. The highest BCUT2D eigenvalue weighted by Crippen LogP contribution is 2.14. The summed E-state index contributed by atoms with van der Waals surface area (Å²) >= 11 is 5.84. The van der Waals surface area contributed by atoms with E-state index >= 15 is 0 Å². The Balaban J connectivity index is 2.20. The van der Waals surface area contributed by atoms with Gasteiger partial charge in [0, 0.05) is 23.8 Å². The van der Waals surface area contributed by atoms with Gasteiger partial charge >= 0.3 is 5.97 Å². The van der Waals surface area contributed by atoms with Gasteiger partial charge in [-0.15, -0.1) is 0 Å². The quantitative estimate of drug-likeness (QED) is 0.880. The molecule has 1 aromatic heterocycles. The zero-order chi connectivity index (χ0) is 17.0. The van der Waals surface area contributed by atoms with Crippen molar-refractivity contribution in [1.29, 1.82) is 0 Å². The molecule has 0 aliphatic carbocycles. The summed E-state index contributed by atoms with van der Waals surface area (Å²) in [4.78, 5) is 24.9. The van der Waals surface area contributed by atoms with E-state index in [-0.39, 0.29) is 18.3 Å². The molecule has 2 rings (SSSR count). The standard InChI is InChI=1S/C16H18ClN3O3/c1-11(2)20-8-7-14(18-20)16(23)19(10-15(21)22)9-12-3-5-13(17)6-4-12/h3-8,11H,9-10H2,1-2H3,(H,21,22). The normalized spacial score (nSPS) is 10.8. The summed E-state index contributed by atoms with van der Waals surface area (Å²) in [7, 11) is 0. The van der Waals surface area contributed by atoms with Crippen molar-refractivity contribution in [3.63, 3.8) is 0 Å². The average molecular weight is 336 g/mol. The number of halogens is 1. The van der Waals surface area contributed by atoms with Crippen LogP contribution in [-0.2, 0) is 11.3 Å². The predicted octanol–water partition coefficient (Wildman–Crippen LogP) is 2.84. The SMILES string of the molecule is CC(C)n1ccc(C(=O)N(CC(=O)O)Cc2ccc(Cl)cc2)n1. The highest BCUT2D eigenvalue weighted by Gasteiger charge is 2.21. The second kappa shape index (κ2) is 7.28. The minimum atomic E-state index is -1.07. The molecule has 6 nitrogen and oxygen atoms in total. The van der Waals surface area contributed by atoms with Gasteiger partial charge in [-0.1, -0.05) is 23.7 Å². The fourth-order valence-corrected chi connectivity index (χ4v) is 2.20. The predicted molar refractivity (Wildman–Crippen MR) is 86.4 cm³/mol. The molecule has 0 radical (unpaired) electrons. The van der Waals surface area contributed by atoms with Gasteiger partial charge in [-0.05, 0) is 37.6 Å². The lowest BCUT2D eigenvalue weighted by molar-refractivity contribution is -0.137. The molecule has 0 saturated heterocycles. The molecule has 2 aromatic rings. The molecule has 0 aliphatic rings. The maximum Gasteiger partial charge on any atom is 0.323 e. The largest absolute Gasteiger partial charge is 0.480 e. The Morgan fingerprint density at radius 2 is 1.91 bits per heavy atom. The van der Waals surface area contributed by atoms with E-state index in [4.69, 9.17) is 16.7 Å². The maximum atomic E-state index is 12.5. The lowest BCUT2D eigenvalue weighted by Gasteiger charge is -2.20. The Kier molecular flexibility index (Phi) is 5.39. The van der Waals surface area contributed by atoms with Crippen molar-refractivity contribution in [2.45, 2.75) is 26.4 Å². The molecule has 1 aromatic carbocycles. The monoisotopic (exact) mass is 335 g/mol. The van der Waals surface area contributed by atoms with Gasteiger partial charge in [0.05, 0.1) is 0 Å². The molecule has 7 heteroatoms. The lowest BCUT2D eigenvalue weighted by atomic mass is 10.2. The number of hydrogen-bond acceptors (Lipinski definition) is 3.